The molecule has 112 valence electrons. The molecular weight excluding hydrogens is 256 g/mol. The van der Waals surface area contributed by atoms with Crippen molar-refractivity contribution in [3.05, 3.63) is 64.2 Å². The van der Waals surface area contributed by atoms with E-state index in [1.165, 1.54) is 33.5 Å². The Morgan fingerprint density at radius 2 is 1.52 bits per heavy atom. The molecule has 0 aromatic heterocycles. The van der Waals surface area contributed by atoms with Crippen LogP contribution in [0.15, 0.2) is 36.4 Å². The van der Waals surface area contributed by atoms with Crippen LogP contribution in [0.1, 0.15) is 33.9 Å². The van der Waals surface area contributed by atoms with Crippen LogP contribution in [-0.2, 0) is 0 Å². The van der Waals surface area contributed by atoms with Gasteiger partial charge in [-0.25, -0.2) is 0 Å². The van der Waals surface area contributed by atoms with Crippen LogP contribution >= 0.6 is 0 Å². The summed E-state index contributed by atoms with van der Waals surface area (Å²) in [6.45, 7) is 9.17. The van der Waals surface area contributed by atoms with Gasteiger partial charge in [0.2, 0.25) is 0 Å². The standard InChI is InChI=1S/C19H26N2/c1-13-6-7-18(16(4)9-13)19(12-20)21(5)17-10-14(2)8-15(3)11-17/h6-11,19H,12,20H2,1-5H3. The van der Waals surface area contributed by atoms with Gasteiger partial charge < -0.3 is 10.6 Å². The second-order valence-corrected chi connectivity index (χ2v) is 6.07. The zero-order chi connectivity index (χ0) is 15.6. The Kier molecular flexibility index (Phi) is 4.69. The van der Waals surface area contributed by atoms with Gasteiger partial charge in [0.15, 0.2) is 0 Å². The van der Waals surface area contributed by atoms with Gasteiger partial charge in [0.1, 0.15) is 0 Å². The zero-order valence-electron chi connectivity index (χ0n) is 13.8. The van der Waals surface area contributed by atoms with Gasteiger partial charge in [-0.2, -0.15) is 0 Å². The predicted molar refractivity (Wildman–Crippen MR) is 92.0 cm³/mol. The summed E-state index contributed by atoms with van der Waals surface area (Å²) in [5.41, 5.74) is 13.8. The van der Waals surface area contributed by atoms with Gasteiger partial charge in [-0.15, -0.1) is 0 Å². The molecule has 1 unspecified atom stereocenters. The average molecular weight is 282 g/mol. The number of anilines is 1. The maximum absolute atomic E-state index is 6.08. The van der Waals surface area contributed by atoms with Crippen molar-refractivity contribution >= 4 is 5.69 Å². The predicted octanol–water partition coefficient (Wildman–Crippen LogP) is 4.06. The van der Waals surface area contributed by atoms with Crippen LogP contribution < -0.4 is 10.6 Å². The van der Waals surface area contributed by atoms with Crippen LogP contribution in [0.2, 0.25) is 0 Å². The molecule has 0 amide bonds. The van der Waals surface area contributed by atoms with E-state index in [2.05, 4.69) is 76.0 Å². The van der Waals surface area contributed by atoms with E-state index in [9.17, 15) is 0 Å². The molecule has 2 aromatic carbocycles. The van der Waals surface area contributed by atoms with Gasteiger partial charge >= 0.3 is 0 Å². The first-order valence-corrected chi connectivity index (χ1v) is 7.50. The molecule has 0 aliphatic heterocycles. The van der Waals surface area contributed by atoms with Gasteiger partial charge in [0.05, 0.1) is 6.04 Å². The number of nitrogens with two attached hydrogens (primary N) is 1. The maximum atomic E-state index is 6.08. The molecule has 0 aliphatic carbocycles. The number of nitrogens with zero attached hydrogens (tertiary/aromatic N) is 1. The molecule has 2 N–H and O–H groups in total. The van der Waals surface area contributed by atoms with E-state index in [4.69, 9.17) is 5.73 Å². The molecule has 0 bridgehead atoms. The molecular formula is C19H26N2. The quantitative estimate of drug-likeness (QED) is 0.916. The summed E-state index contributed by atoms with van der Waals surface area (Å²) >= 11 is 0. The van der Waals surface area contributed by atoms with Crippen molar-refractivity contribution in [1.29, 1.82) is 0 Å². The highest BCUT2D eigenvalue weighted by Crippen LogP contribution is 2.28. The number of hydrogen-bond donors (Lipinski definition) is 1. The smallest absolute Gasteiger partial charge is 0.0664 e. The van der Waals surface area contributed by atoms with Crippen LogP contribution in [0.4, 0.5) is 5.69 Å². The Balaban J connectivity index is 2.40. The number of likely N-dealkylation sites (N-methyl/N-ethyl adjacent to an activating group) is 1. The molecule has 1 atom stereocenters. The lowest BCUT2D eigenvalue weighted by Gasteiger charge is -2.31. The van der Waals surface area contributed by atoms with Crippen molar-refractivity contribution in [2.45, 2.75) is 33.7 Å². The Hall–Kier alpha value is -1.80. The lowest BCUT2D eigenvalue weighted by atomic mass is 9.97. The summed E-state index contributed by atoms with van der Waals surface area (Å²) in [6.07, 6.45) is 0. The summed E-state index contributed by atoms with van der Waals surface area (Å²) in [5.74, 6) is 0. The Labute approximate surface area is 128 Å². The van der Waals surface area contributed by atoms with Crippen molar-refractivity contribution < 1.29 is 0 Å². The van der Waals surface area contributed by atoms with Crippen LogP contribution in [0, 0.1) is 27.7 Å². The van der Waals surface area contributed by atoms with Gasteiger partial charge in [-0.3, -0.25) is 0 Å². The molecule has 0 saturated carbocycles. The van der Waals surface area contributed by atoms with E-state index in [0.717, 1.165) is 0 Å². The van der Waals surface area contributed by atoms with Gasteiger partial charge in [-0.05, 0) is 62.1 Å². The molecule has 0 aliphatic rings. The fourth-order valence-corrected chi connectivity index (χ4v) is 3.03. The minimum atomic E-state index is 0.201. The molecule has 0 radical (unpaired) electrons. The third-order valence-electron chi connectivity index (χ3n) is 4.09. The molecule has 0 heterocycles. The Bertz CT molecular complexity index is 611. The molecule has 2 aromatic rings. The molecule has 0 fully saturated rings. The van der Waals surface area contributed by atoms with Gasteiger partial charge in [0.25, 0.3) is 0 Å². The first-order chi connectivity index (χ1) is 9.92. The van der Waals surface area contributed by atoms with Crippen molar-refractivity contribution in [2.75, 3.05) is 18.5 Å². The van der Waals surface area contributed by atoms with E-state index in [1.54, 1.807) is 0 Å². The van der Waals surface area contributed by atoms with Crippen LogP contribution in [0.3, 0.4) is 0 Å². The van der Waals surface area contributed by atoms with Crippen LogP contribution in [0.25, 0.3) is 0 Å². The monoisotopic (exact) mass is 282 g/mol. The number of benzene rings is 2. The topological polar surface area (TPSA) is 29.3 Å². The number of aryl methyl sites for hydroxylation is 4. The largest absolute Gasteiger partial charge is 0.366 e. The van der Waals surface area contributed by atoms with Crippen LogP contribution in [-0.4, -0.2) is 13.6 Å². The minimum Gasteiger partial charge on any atom is -0.366 e. The molecule has 2 heteroatoms. The molecule has 2 nitrogen and oxygen atoms in total. The second-order valence-electron chi connectivity index (χ2n) is 6.07. The highest BCUT2D eigenvalue weighted by atomic mass is 15.1. The average Bonchev–Trinajstić information content (AvgIpc) is 2.40. The second kappa shape index (κ2) is 6.31. The van der Waals surface area contributed by atoms with Gasteiger partial charge in [0, 0.05) is 19.3 Å². The fraction of sp³-hybridized carbons (Fsp3) is 0.368. The summed E-state index contributed by atoms with van der Waals surface area (Å²) in [6, 6.07) is 13.5. The highest BCUT2D eigenvalue weighted by Gasteiger charge is 2.18. The van der Waals surface area contributed by atoms with E-state index in [1.807, 2.05) is 0 Å². The van der Waals surface area contributed by atoms with Crippen molar-refractivity contribution in [2.24, 2.45) is 5.73 Å². The number of hydrogen-bond acceptors (Lipinski definition) is 2. The summed E-state index contributed by atoms with van der Waals surface area (Å²) in [7, 11) is 2.13. The van der Waals surface area contributed by atoms with E-state index >= 15 is 0 Å². The first kappa shape index (κ1) is 15.6. The van der Waals surface area contributed by atoms with Crippen molar-refractivity contribution in [1.82, 2.24) is 0 Å². The molecule has 0 spiro atoms. The minimum absolute atomic E-state index is 0.201. The van der Waals surface area contributed by atoms with Gasteiger partial charge in [-0.1, -0.05) is 29.8 Å². The SMILES string of the molecule is Cc1cc(C)cc(N(C)C(CN)c2ccc(C)cc2C)c1. The zero-order valence-corrected chi connectivity index (χ0v) is 13.8. The molecule has 2 rings (SSSR count). The molecule has 21 heavy (non-hydrogen) atoms. The van der Waals surface area contributed by atoms with Crippen molar-refractivity contribution in [3.63, 3.8) is 0 Å². The van der Waals surface area contributed by atoms with Crippen molar-refractivity contribution in [3.8, 4) is 0 Å². The third-order valence-corrected chi connectivity index (χ3v) is 4.09. The Morgan fingerprint density at radius 3 is 2.05 bits per heavy atom. The van der Waals surface area contributed by atoms with E-state index < -0.39 is 0 Å². The third kappa shape index (κ3) is 3.45. The lowest BCUT2D eigenvalue weighted by Crippen LogP contribution is -2.31. The summed E-state index contributed by atoms with van der Waals surface area (Å²) < 4.78 is 0. The normalized spacial score (nSPS) is 12.3. The first-order valence-electron chi connectivity index (χ1n) is 7.50. The Morgan fingerprint density at radius 1 is 0.905 bits per heavy atom. The van der Waals surface area contributed by atoms with E-state index in [0.29, 0.717) is 6.54 Å². The summed E-state index contributed by atoms with van der Waals surface area (Å²) in [4.78, 5) is 2.29. The molecule has 0 saturated heterocycles. The summed E-state index contributed by atoms with van der Waals surface area (Å²) in [5, 5.41) is 0. The fourth-order valence-electron chi connectivity index (χ4n) is 3.03. The maximum Gasteiger partial charge on any atom is 0.0664 e. The van der Waals surface area contributed by atoms with E-state index in [-0.39, 0.29) is 6.04 Å². The highest BCUT2D eigenvalue weighted by molar-refractivity contribution is 5.53. The lowest BCUT2D eigenvalue weighted by molar-refractivity contribution is 0.676. The van der Waals surface area contributed by atoms with Crippen LogP contribution in [0.5, 0.6) is 0 Å². The number of rotatable bonds is 4.